The molecule has 2 rings (SSSR count). The molecule has 0 unspecified atom stereocenters. The Bertz CT molecular complexity index is 1180. The van der Waals surface area contributed by atoms with E-state index in [-0.39, 0.29) is 30.7 Å². The molecule has 0 fully saturated rings. The number of benzene rings is 2. The van der Waals surface area contributed by atoms with Crippen LogP contribution >= 0.6 is 70.6 Å². The number of nitrogens with zero attached hydrogens (tertiary/aromatic N) is 2. The maximum absolute atomic E-state index is 11.9. The lowest BCUT2D eigenvalue weighted by Crippen LogP contribution is -1.93. The van der Waals surface area contributed by atoms with Crippen LogP contribution in [-0.4, -0.2) is 30.7 Å². The summed E-state index contributed by atoms with van der Waals surface area (Å²) in [6, 6.07) is 6.39. The molecule has 0 aliphatic rings. The molecule has 0 aliphatic heterocycles. The Labute approximate surface area is 245 Å². The predicted octanol–water partition coefficient (Wildman–Crippen LogP) is 7.93. The zero-order valence-electron chi connectivity index (χ0n) is 21.1. The second-order valence-corrected chi connectivity index (χ2v) is 14.6. The molecular weight excluding hydrogens is 605 g/mol. The van der Waals surface area contributed by atoms with Crippen molar-refractivity contribution in [3.05, 3.63) is 24.3 Å². The van der Waals surface area contributed by atoms with E-state index in [1.54, 1.807) is 24.3 Å². The number of azo groups is 1. The fourth-order valence-corrected chi connectivity index (χ4v) is 7.88. The highest BCUT2D eigenvalue weighted by Gasteiger charge is 2.20. The summed E-state index contributed by atoms with van der Waals surface area (Å²) < 4.78 is 0. The van der Waals surface area contributed by atoms with Gasteiger partial charge >= 0.3 is 0 Å². The van der Waals surface area contributed by atoms with Crippen molar-refractivity contribution in [2.75, 3.05) is 0 Å². The van der Waals surface area contributed by atoms with Crippen molar-refractivity contribution in [1.29, 1.82) is 0 Å². The van der Waals surface area contributed by atoms with Crippen LogP contribution < -0.4 is 0 Å². The molecule has 2 aromatic rings. The fourth-order valence-electron chi connectivity index (χ4n) is 2.77. The van der Waals surface area contributed by atoms with Crippen molar-refractivity contribution < 1.29 is 28.8 Å². The first kappa shape index (κ1) is 32.4. The number of rotatable bonds is 8. The Morgan fingerprint density at radius 1 is 0.421 bits per heavy atom. The van der Waals surface area contributed by atoms with Gasteiger partial charge in [0.05, 0.1) is 11.4 Å². The van der Waals surface area contributed by atoms with Gasteiger partial charge in [-0.1, -0.05) is 47.0 Å². The molecule has 0 amide bonds. The minimum absolute atomic E-state index is 0.204. The van der Waals surface area contributed by atoms with Gasteiger partial charge in [0, 0.05) is 70.9 Å². The van der Waals surface area contributed by atoms with Gasteiger partial charge in [0.25, 0.3) is 0 Å². The quantitative estimate of drug-likeness (QED) is 0.208. The molecule has 2 aromatic carbocycles. The minimum atomic E-state index is -0.210. The van der Waals surface area contributed by atoms with Crippen molar-refractivity contribution in [1.82, 2.24) is 0 Å². The number of carbonyl (C=O) groups is 6. The molecule has 0 aromatic heterocycles. The lowest BCUT2D eigenvalue weighted by atomic mass is 10.3. The van der Waals surface area contributed by atoms with Crippen LogP contribution in [0.25, 0.3) is 0 Å². The van der Waals surface area contributed by atoms with Crippen molar-refractivity contribution in [2.24, 2.45) is 10.2 Å². The Morgan fingerprint density at radius 3 is 0.816 bits per heavy atom. The molecule has 0 saturated heterocycles. The zero-order chi connectivity index (χ0) is 28.6. The Balaban J connectivity index is 2.68. The fraction of sp³-hybridized carbons (Fsp3) is 0.250. The van der Waals surface area contributed by atoms with Gasteiger partial charge in [-0.3, -0.25) is 28.8 Å². The molecule has 0 atom stereocenters. The summed E-state index contributed by atoms with van der Waals surface area (Å²) >= 11 is 5.51. The molecular formula is C24H22N2O6S6. The van der Waals surface area contributed by atoms with Crippen LogP contribution in [0.1, 0.15) is 41.5 Å². The van der Waals surface area contributed by atoms with E-state index in [0.29, 0.717) is 40.7 Å². The van der Waals surface area contributed by atoms with Gasteiger partial charge in [-0.05, 0) is 47.8 Å². The largest absolute Gasteiger partial charge is 0.287 e. The molecule has 0 heterocycles. The van der Waals surface area contributed by atoms with Crippen LogP contribution in [0.2, 0.25) is 0 Å². The number of hydrogen-bond acceptors (Lipinski definition) is 14. The van der Waals surface area contributed by atoms with Gasteiger partial charge in [0.2, 0.25) is 0 Å². The summed E-state index contributed by atoms with van der Waals surface area (Å²) in [5.74, 6) is 0. The third-order valence-corrected chi connectivity index (χ3v) is 9.50. The van der Waals surface area contributed by atoms with Gasteiger partial charge < -0.3 is 0 Å². The van der Waals surface area contributed by atoms with Gasteiger partial charge in [-0.2, -0.15) is 10.2 Å². The summed E-state index contributed by atoms with van der Waals surface area (Å²) in [7, 11) is 0. The highest BCUT2D eigenvalue weighted by atomic mass is 32.2. The van der Waals surface area contributed by atoms with Crippen molar-refractivity contribution >= 4 is 113 Å². The molecule has 0 spiro atoms. The number of carbonyl (C=O) groups excluding carboxylic acids is 6. The number of thioether (sulfide) groups is 6. The lowest BCUT2D eigenvalue weighted by Gasteiger charge is -2.13. The van der Waals surface area contributed by atoms with Crippen molar-refractivity contribution in [2.45, 2.75) is 70.9 Å². The van der Waals surface area contributed by atoms with Crippen LogP contribution in [0.3, 0.4) is 0 Å². The highest BCUT2D eigenvalue weighted by Crippen LogP contribution is 2.44. The minimum Gasteiger partial charge on any atom is -0.287 e. The van der Waals surface area contributed by atoms with Crippen LogP contribution in [0.4, 0.5) is 11.4 Å². The standard InChI is InChI=1S/C24H22N2O6S6/c1-11(27)33-19-7-17(8-20(34-12(2)28)23(19)37-15(5)31)25-26-18-9-21(35-13(3)29)24(38-16(6)32)22(10-18)36-14(4)30/h7-10H,1-6H3. The van der Waals surface area contributed by atoms with E-state index < -0.39 is 0 Å². The van der Waals surface area contributed by atoms with Gasteiger partial charge in [-0.25, -0.2) is 0 Å². The molecule has 8 nitrogen and oxygen atoms in total. The summed E-state index contributed by atoms with van der Waals surface area (Å²) in [6.45, 7) is 8.35. The summed E-state index contributed by atoms with van der Waals surface area (Å²) in [5, 5.41) is 7.32. The predicted molar refractivity (Wildman–Crippen MR) is 156 cm³/mol. The first-order valence-electron chi connectivity index (χ1n) is 10.6. The molecule has 14 heteroatoms. The van der Waals surface area contributed by atoms with E-state index in [1.807, 2.05) is 0 Å². The van der Waals surface area contributed by atoms with Crippen LogP contribution in [-0.2, 0) is 28.8 Å². The van der Waals surface area contributed by atoms with Crippen LogP contribution in [0.5, 0.6) is 0 Å². The van der Waals surface area contributed by atoms with Gasteiger partial charge in [-0.15, -0.1) is 0 Å². The third-order valence-electron chi connectivity index (χ3n) is 3.80. The van der Waals surface area contributed by atoms with Gasteiger partial charge in [0.15, 0.2) is 30.7 Å². The maximum Gasteiger partial charge on any atom is 0.190 e. The van der Waals surface area contributed by atoms with Gasteiger partial charge in [0.1, 0.15) is 0 Å². The highest BCUT2D eigenvalue weighted by molar-refractivity contribution is 8.18. The maximum atomic E-state index is 11.9. The monoisotopic (exact) mass is 626 g/mol. The number of hydrogen-bond donors (Lipinski definition) is 0. The SMILES string of the molecule is CC(=O)Sc1cc(N=Nc2cc(SC(C)=O)c(SC(C)=O)c(SC(C)=O)c2)cc(SC(C)=O)c1SC(C)=O. The van der Waals surface area contributed by atoms with Crippen molar-refractivity contribution in [3.63, 3.8) is 0 Å². The smallest absolute Gasteiger partial charge is 0.190 e. The summed E-state index contributed by atoms with van der Waals surface area (Å²) in [5.41, 5.74) is 0.656. The Morgan fingerprint density at radius 2 is 0.632 bits per heavy atom. The molecule has 0 N–H and O–H groups in total. The molecule has 38 heavy (non-hydrogen) atoms. The average Bonchev–Trinajstić information content (AvgIpc) is 2.74. The second-order valence-electron chi connectivity index (χ2n) is 7.30. The normalized spacial score (nSPS) is 11.0. The lowest BCUT2D eigenvalue weighted by molar-refractivity contribution is -0.110. The summed E-state index contributed by atoms with van der Waals surface area (Å²) in [6.07, 6.45) is 0. The first-order chi connectivity index (χ1) is 17.7. The van der Waals surface area contributed by atoms with E-state index >= 15 is 0 Å². The van der Waals surface area contributed by atoms with E-state index in [0.717, 1.165) is 70.6 Å². The molecule has 0 radical (unpaired) electrons. The molecule has 200 valence electrons. The first-order valence-corrected chi connectivity index (χ1v) is 15.5. The molecule has 0 bridgehead atoms. The van der Waals surface area contributed by atoms with Crippen LogP contribution in [0, 0.1) is 0 Å². The summed E-state index contributed by atoms with van der Waals surface area (Å²) in [4.78, 5) is 74.1. The Kier molecular flexibility index (Phi) is 12.8. The second kappa shape index (κ2) is 15.1. The topological polar surface area (TPSA) is 127 Å². The molecule has 0 aliphatic carbocycles. The van der Waals surface area contributed by atoms with E-state index in [4.69, 9.17) is 0 Å². The van der Waals surface area contributed by atoms with Crippen molar-refractivity contribution in [3.8, 4) is 0 Å². The van der Waals surface area contributed by atoms with E-state index in [2.05, 4.69) is 10.2 Å². The zero-order valence-corrected chi connectivity index (χ0v) is 26.0. The molecule has 0 saturated carbocycles. The van der Waals surface area contributed by atoms with E-state index in [9.17, 15) is 28.8 Å². The third kappa shape index (κ3) is 10.7. The average molecular weight is 627 g/mol. The van der Waals surface area contributed by atoms with Crippen LogP contribution in [0.15, 0.2) is 63.9 Å². The van der Waals surface area contributed by atoms with E-state index in [1.165, 1.54) is 41.5 Å². The Hall–Kier alpha value is -1.84.